The molecule has 0 fully saturated rings. The molecular formula is C13H14O7. The van der Waals surface area contributed by atoms with Crippen LogP contribution in [-0.2, 0) is 9.59 Å². The number of carbonyl (C=O) groups excluding carboxylic acids is 2. The molecule has 7 nitrogen and oxygen atoms in total. The van der Waals surface area contributed by atoms with Crippen molar-refractivity contribution in [1.82, 2.24) is 0 Å². The molecule has 0 atom stereocenters. The summed E-state index contributed by atoms with van der Waals surface area (Å²) >= 11 is 0. The second kappa shape index (κ2) is 6.55. The maximum Gasteiger partial charge on any atom is 0.335 e. The van der Waals surface area contributed by atoms with Crippen molar-refractivity contribution >= 4 is 17.9 Å². The second-order valence-electron chi connectivity index (χ2n) is 3.78. The van der Waals surface area contributed by atoms with Crippen LogP contribution >= 0.6 is 0 Å². The molecule has 0 saturated heterocycles. The van der Waals surface area contributed by atoms with E-state index in [-0.39, 0.29) is 29.9 Å². The molecule has 1 aromatic rings. The lowest BCUT2D eigenvalue weighted by molar-refractivity contribution is -0.134. The largest absolute Gasteiger partial charge is 0.502 e. The van der Waals surface area contributed by atoms with Gasteiger partial charge < -0.3 is 19.7 Å². The zero-order valence-electron chi connectivity index (χ0n) is 11.0. The van der Waals surface area contributed by atoms with E-state index in [4.69, 9.17) is 14.6 Å². The normalized spacial score (nSPS) is 9.90. The van der Waals surface area contributed by atoms with Crippen molar-refractivity contribution in [1.29, 1.82) is 0 Å². The Morgan fingerprint density at radius 1 is 1.00 bits per heavy atom. The molecule has 0 aliphatic heterocycles. The number of ether oxygens (including phenoxy) is 2. The third kappa shape index (κ3) is 3.71. The Hall–Kier alpha value is -2.57. The van der Waals surface area contributed by atoms with Gasteiger partial charge in [-0.2, -0.15) is 0 Å². The fraction of sp³-hybridized carbons (Fsp3) is 0.308. The standard InChI is InChI=1S/C13H14O7/c1-3-10(14)19-8-5-7(13(17)18)6-9(12(8)16)20-11(15)4-2/h5-6,16H,3-4H2,1-2H3,(H,17,18). The van der Waals surface area contributed by atoms with Gasteiger partial charge in [-0.05, 0) is 12.1 Å². The molecule has 0 amide bonds. The van der Waals surface area contributed by atoms with Crippen LogP contribution in [0.1, 0.15) is 37.0 Å². The lowest BCUT2D eigenvalue weighted by Gasteiger charge is -2.11. The smallest absolute Gasteiger partial charge is 0.335 e. The highest BCUT2D eigenvalue weighted by Crippen LogP contribution is 2.38. The first-order chi connectivity index (χ1) is 9.38. The van der Waals surface area contributed by atoms with Crippen molar-refractivity contribution in [3.8, 4) is 17.2 Å². The maximum atomic E-state index is 11.2. The monoisotopic (exact) mass is 282 g/mol. The number of phenolic OH excluding ortho intramolecular Hbond substituents is 1. The van der Waals surface area contributed by atoms with Crippen LogP contribution in [0.3, 0.4) is 0 Å². The Balaban J connectivity index is 3.25. The van der Waals surface area contributed by atoms with Gasteiger partial charge in [0.25, 0.3) is 0 Å². The first kappa shape index (κ1) is 15.5. The van der Waals surface area contributed by atoms with Gasteiger partial charge in [-0.3, -0.25) is 9.59 Å². The third-order valence-electron chi connectivity index (χ3n) is 2.31. The molecular weight excluding hydrogens is 268 g/mol. The first-order valence-electron chi connectivity index (χ1n) is 5.90. The van der Waals surface area contributed by atoms with Crippen molar-refractivity contribution in [3.63, 3.8) is 0 Å². The van der Waals surface area contributed by atoms with Crippen LogP contribution in [0.4, 0.5) is 0 Å². The highest BCUT2D eigenvalue weighted by molar-refractivity contribution is 5.90. The Bertz CT molecular complexity index is 509. The number of rotatable bonds is 5. The fourth-order valence-corrected chi connectivity index (χ4v) is 1.25. The molecule has 0 radical (unpaired) electrons. The van der Waals surface area contributed by atoms with E-state index in [2.05, 4.69) is 0 Å². The Labute approximate surface area is 114 Å². The van der Waals surface area contributed by atoms with Gasteiger partial charge in [0.2, 0.25) is 5.75 Å². The molecule has 0 saturated carbocycles. The number of carboxylic acid groups (broad SMARTS) is 1. The summed E-state index contributed by atoms with van der Waals surface area (Å²) < 4.78 is 9.59. The van der Waals surface area contributed by atoms with Crippen LogP contribution in [0, 0.1) is 0 Å². The minimum atomic E-state index is -1.31. The van der Waals surface area contributed by atoms with Gasteiger partial charge in [-0.1, -0.05) is 13.8 Å². The van der Waals surface area contributed by atoms with Gasteiger partial charge in [0.05, 0.1) is 5.56 Å². The van der Waals surface area contributed by atoms with E-state index >= 15 is 0 Å². The number of esters is 2. The predicted molar refractivity (Wildman–Crippen MR) is 66.9 cm³/mol. The summed E-state index contributed by atoms with van der Waals surface area (Å²) in [6.45, 7) is 3.08. The molecule has 20 heavy (non-hydrogen) atoms. The van der Waals surface area contributed by atoms with Crippen molar-refractivity contribution in [3.05, 3.63) is 17.7 Å². The predicted octanol–water partition coefficient (Wildman–Crippen LogP) is 1.72. The molecule has 0 unspecified atom stereocenters. The molecule has 1 rings (SSSR count). The summed E-state index contributed by atoms with van der Waals surface area (Å²) in [6.07, 6.45) is 0.0850. The van der Waals surface area contributed by atoms with E-state index in [0.717, 1.165) is 12.1 Å². The number of phenols is 1. The first-order valence-corrected chi connectivity index (χ1v) is 5.90. The summed E-state index contributed by atoms with van der Waals surface area (Å²) in [7, 11) is 0. The molecule has 0 aliphatic carbocycles. The Kier molecular flexibility index (Phi) is 5.08. The SMILES string of the molecule is CCC(=O)Oc1cc(C(=O)O)cc(OC(=O)CC)c1O. The maximum absolute atomic E-state index is 11.2. The molecule has 0 heterocycles. The second-order valence-corrected chi connectivity index (χ2v) is 3.78. The molecule has 2 N–H and O–H groups in total. The topological polar surface area (TPSA) is 110 Å². The summed E-state index contributed by atoms with van der Waals surface area (Å²) in [5.74, 6) is -3.95. The van der Waals surface area contributed by atoms with E-state index in [1.165, 1.54) is 0 Å². The average Bonchev–Trinajstić information content (AvgIpc) is 2.42. The Morgan fingerprint density at radius 3 is 1.70 bits per heavy atom. The molecule has 0 aromatic heterocycles. The highest BCUT2D eigenvalue weighted by Gasteiger charge is 2.19. The van der Waals surface area contributed by atoms with Gasteiger partial charge in [-0.15, -0.1) is 0 Å². The van der Waals surface area contributed by atoms with E-state index in [0.29, 0.717) is 0 Å². The molecule has 7 heteroatoms. The number of benzene rings is 1. The summed E-state index contributed by atoms with van der Waals surface area (Å²) in [6, 6.07) is 1.96. The summed E-state index contributed by atoms with van der Waals surface area (Å²) in [5.41, 5.74) is -0.277. The van der Waals surface area contributed by atoms with Crippen LogP contribution in [0.25, 0.3) is 0 Å². The van der Waals surface area contributed by atoms with E-state index in [1.54, 1.807) is 13.8 Å². The average molecular weight is 282 g/mol. The van der Waals surface area contributed by atoms with Crippen LogP contribution in [0.2, 0.25) is 0 Å². The van der Waals surface area contributed by atoms with Gasteiger partial charge in [-0.25, -0.2) is 4.79 Å². The molecule has 0 bridgehead atoms. The Morgan fingerprint density at radius 2 is 1.40 bits per heavy atom. The lowest BCUT2D eigenvalue weighted by Crippen LogP contribution is -2.10. The van der Waals surface area contributed by atoms with Gasteiger partial charge in [0, 0.05) is 12.8 Å². The zero-order chi connectivity index (χ0) is 15.3. The quantitative estimate of drug-likeness (QED) is 0.624. The van der Waals surface area contributed by atoms with Crippen LogP contribution in [0.15, 0.2) is 12.1 Å². The molecule has 108 valence electrons. The minimum Gasteiger partial charge on any atom is -0.502 e. The van der Waals surface area contributed by atoms with Crippen LogP contribution < -0.4 is 9.47 Å². The summed E-state index contributed by atoms with van der Waals surface area (Å²) in [5, 5.41) is 18.8. The van der Waals surface area contributed by atoms with Gasteiger partial charge in [0.15, 0.2) is 11.5 Å². The van der Waals surface area contributed by atoms with Crippen molar-refractivity contribution < 1.29 is 34.1 Å². The minimum absolute atomic E-state index is 0.0425. The number of aromatic carboxylic acids is 1. The number of aromatic hydroxyl groups is 1. The van der Waals surface area contributed by atoms with E-state index < -0.39 is 23.7 Å². The van der Waals surface area contributed by atoms with E-state index in [1.807, 2.05) is 0 Å². The van der Waals surface area contributed by atoms with Gasteiger partial charge in [0.1, 0.15) is 0 Å². The van der Waals surface area contributed by atoms with Crippen molar-refractivity contribution in [2.24, 2.45) is 0 Å². The highest BCUT2D eigenvalue weighted by atomic mass is 16.6. The van der Waals surface area contributed by atoms with E-state index in [9.17, 15) is 19.5 Å². The summed E-state index contributed by atoms with van der Waals surface area (Å²) in [4.78, 5) is 33.4. The third-order valence-corrected chi connectivity index (χ3v) is 2.31. The molecule has 0 spiro atoms. The van der Waals surface area contributed by atoms with Crippen LogP contribution in [0.5, 0.6) is 17.2 Å². The fourth-order valence-electron chi connectivity index (χ4n) is 1.25. The zero-order valence-corrected chi connectivity index (χ0v) is 11.0. The van der Waals surface area contributed by atoms with Gasteiger partial charge >= 0.3 is 17.9 Å². The molecule has 1 aromatic carbocycles. The van der Waals surface area contributed by atoms with Crippen molar-refractivity contribution in [2.75, 3.05) is 0 Å². The number of carboxylic acids is 1. The number of hydrogen-bond acceptors (Lipinski definition) is 6. The number of carbonyl (C=O) groups is 3. The van der Waals surface area contributed by atoms with Crippen molar-refractivity contribution in [2.45, 2.75) is 26.7 Å². The molecule has 0 aliphatic rings. The number of hydrogen-bond donors (Lipinski definition) is 2. The van der Waals surface area contributed by atoms with Crippen LogP contribution in [-0.4, -0.2) is 28.1 Å². The lowest BCUT2D eigenvalue weighted by atomic mass is 10.2.